The number of aryl methyl sites for hydroxylation is 2. The van der Waals surface area contributed by atoms with Crippen molar-refractivity contribution in [1.82, 2.24) is 5.32 Å². The van der Waals surface area contributed by atoms with Gasteiger partial charge < -0.3 is 16.2 Å². The molecule has 0 radical (unpaired) electrons. The standard InChI is InChI=1S/C32H35N3O4S/c1-20-14-26(36)15-21(2)27(20)19-29(33)32(37)34-30-12-13-35(40(3,38)39)31-11-9-23(18-28(30)31)16-22-8-10-24-6-4-5-7-25(24)17-22/h4-11,14-15,17-18,29-30,36H,12-13,16,19,33H2,1-3H3,(H,34,37)/t29-,30+/m0/s1. The van der Waals surface area contributed by atoms with Crippen LogP contribution in [0.3, 0.4) is 0 Å². The molecular formula is C32H35N3O4S. The van der Waals surface area contributed by atoms with Gasteiger partial charge in [-0.2, -0.15) is 0 Å². The monoisotopic (exact) mass is 557 g/mol. The summed E-state index contributed by atoms with van der Waals surface area (Å²) in [7, 11) is -3.48. The summed E-state index contributed by atoms with van der Waals surface area (Å²) in [6, 6.07) is 22.6. The van der Waals surface area contributed by atoms with Crippen molar-refractivity contribution in [1.29, 1.82) is 0 Å². The van der Waals surface area contributed by atoms with Gasteiger partial charge in [-0.1, -0.05) is 54.6 Å². The lowest BCUT2D eigenvalue weighted by Gasteiger charge is -2.35. The van der Waals surface area contributed by atoms with E-state index in [1.165, 1.54) is 21.3 Å². The van der Waals surface area contributed by atoms with Gasteiger partial charge in [-0.15, -0.1) is 0 Å². The summed E-state index contributed by atoms with van der Waals surface area (Å²) in [6.45, 7) is 4.05. The fourth-order valence-electron chi connectivity index (χ4n) is 5.71. The molecule has 1 aliphatic heterocycles. The van der Waals surface area contributed by atoms with Crippen LogP contribution in [0.1, 0.15) is 45.8 Å². The molecule has 0 unspecified atom stereocenters. The molecule has 4 aromatic rings. The number of nitrogens with one attached hydrogen (secondary N) is 1. The van der Waals surface area contributed by atoms with E-state index in [0.29, 0.717) is 24.9 Å². The average Bonchev–Trinajstić information content (AvgIpc) is 2.90. The molecule has 0 bridgehead atoms. The number of nitrogens with zero attached hydrogens (tertiary/aromatic N) is 1. The number of nitrogens with two attached hydrogens (primary N) is 1. The number of amides is 1. The first-order valence-corrected chi connectivity index (χ1v) is 15.3. The number of rotatable bonds is 7. The van der Waals surface area contributed by atoms with E-state index in [2.05, 4.69) is 35.6 Å². The maximum absolute atomic E-state index is 13.3. The first kappa shape index (κ1) is 27.7. The van der Waals surface area contributed by atoms with Gasteiger partial charge in [0.15, 0.2) is 0 Å². The van der Waals surface area contributed by atoms with Gasteiger partial charge in [0, 0.05) is 6.54 Å². The average molecular weight is 558 g/mol. The van der Waals surface area contributed by atoms with Gasteiger partial charge in [0.25, 0.3) is 0 Å². The smallest absolute Gasteiger partial charge is 0.237 e. The zero-order chi connectivity index (χ0) is 28.6. The highest BCUT2D eigenvalue weighted by Gasteiger charge is 2.32. The van der Waals surface area contributed by atoms with Crippen molar-refractivity contribution in [3.63, 3.8) is 0 Å². The predicted octanol–water partition coefficient (Wildman–Crippen LogP) is 4.65. The van der Waals surface area contributed by atoms with E-state index in [4.69, 9.17) is 5.73 Å². The molecule has 5 rings (SSSR count). The zero-order valence-electron chi connectivity index (χ0n) is 23.0. The Balaban J connectivity index is 1.41. The lowest BCUT2D eigenvalue weighted by atomic mass is 9.92. The second-order valence-corrected chi connectivity index (χ2v) is 12.7. The van der Waals surface area contributed by atoms with Gasteiger partial charge in [0.1, 0.15) is 5.75 Å². The quantitative estimate of drug-likeness (QED) is 0.306. The zero-order valence-corrected chi connectivity index (χ0v) is 23.8. The molecule has 2 atom stereocenters. The fourth-order valence-corrected chi connectivity index (χ4v) is 6.67. The highest BCUT2D eigenvalue weighted by atomic mass is 32.2. The van der Waals surface area contributed by atoms with Gasteiger partial charge in [0.2, 0.25) is 15.9 Å². The largest absolute Gasteiger partial charge is 0.508 e. The van der Waals surface area contributed by atoms with E-state index in [1.807, 2.05) is 44.2 Å². The Morgan fingerprint density at radius 2 is 1.65 bits per heavy atom. The fraction of sp³-hybridized carbons (Fsp3) is 0.281. The number of hydrogen-bond donors (Lipinski definition) is 3. The summed E-state index contributed by atoms with van der Waals surface area (Å²) in [5.74, 6) is -0.110. The molecule has 208 valence electrons. The second kappa shape index (κ2) is 10.9. The highest BCUT2D eigenvalue weighted by molar-refractivity contribution is 7.92. The molecule has 0 fully saturated rings. The van der Waals surface area contributed by atoms with E-state index < -0.39 is 16.1 Å². The minimum absolute atomic E-state index is 0.186. The third-order valence-electron chi connectivity index (χ3n) is 7.74. The Hall–Kier alpha value is -3.88. The van der Waals surface area contributed by atoms with Crippen LogP contribution in [0, 0.1) is 13.8 Å². The summed E-state index contributed by atoms with van der Waals surface area (Å²) in [5.41, 5.74) is 12.6. The molecule has 8 heteroatoms. The number of aromatic hydroxyl groups is 1. The highest BCUT2D eigenvalue weighted by Crippen LogP contribution is 2.36. The van der Waals surface area contributed by atoms with Crippen molar-refractivity contribution in [2.24, 2.45) is 5.73 Å². The Morgan fingerprint density at radius 3 is 2.35 bits per heavy atom. The molecule has 7 nitrogen and oxygen atoms in total. The molecule has 1 heterocycles. The van der Waals surface area contributed by atoms with Crippen LogP contribution in [0.15, 0.2) is 72.8 Å². The summed E-state index contributed by atoms with van der Waals surface area (Å²) in [4.78, 5) is 13.3. The Labute approximate surface area is 235 Å². The van der Waals surface area contributed by atoms with Gasteiger partial charge in [-0.25, -0.2) is 8.42 Å². The van der Waals surface area contributed by atoms with E-state index in [0.717, 1.165) is 33.4 Å². The van der Waals surface area contributed by atoms with Gasteiger partial charge >= 0.3 is 0 Å². The minimum Gasteiger partial charge on any atom is -0.508 e. The van der Waals surface area contributed by atoms with Crippen molar-refractivity contribution in [2.45, 2.75) is 45.2 Å². The van der Waals surface area contributed by atoms with Crippen LogP contribution in [0.2, 0.25) is 0 Å². The van der Waals surface area contributed by atoms with Crippen molar-refractivity contribution >= 4 is 32.4 Å². The molecule has 0 aliphatic carbocycles. The molecule has 1 amide bonds. The van der Waals surface area contributed by atoms with Gasteiger partial charge in [-0.3, -0.25) is 9.10 Å². The Kier molecular flexibility index (Phi) is 7.57. The van der Waals surface area contributed by atoms with E-state index in [1.54, 1.807) is 12.1 Å². The number of carbonyl (C=O) groups excluding carboxylic acids is 1. The van der Waals surface area contributed by atoms with Crippen LogP contribution < -0.4 is 15.4 Å². The second-order valence-electron chi connectivity index (χ2n) is 10.8. The van der Waals surface area contributed by atoms with E-state index in [-0.39, 0.29) is 24.2 Å². The van der Waals surface area contributed by atoms with Crippen LogP contribution in [0.5, 0.6) is 5.75 Å². The summed E-state index contributed by atoms with van der Waals surface area (Å²) in [6.07, 6.45) is 2.66. The van der Waals surface area contributed by atoms with Crippen LogP contribution in [-0.2, 0) is 27.7 Å². The van der Waals surface area contributed by atoms with E-state index >= 15 is 0 Å². The van der Waals surface area contributed by atoms with Crippen molar-refractivity contribution in [2.75, 3.05) is 17.1 Å². The maximum atomic E-state index is 13.3. The lowest BCUT2D eigenvalue weighted by Crippen LogP contribution is -2.46. The topological polar surface area (TPSA) is 113 Å². The number of sulfonamides is 1. The van der Waals surface area contributed by atoms with E-state index in [9.17, 15) is 18.3 Å². The van der Waals surface area contributed by atoms with Crippen molar-refractivity contribution in [3.8, 4) is 5.75 Å². The molecule has 4 N–H and O–H groups in total. The van der Waals surface area contributed by atoms with Crippen LogP contribution in [0.4, 0.5) is 5.69 Å². The van der Waals surface area contributed by atoms with Crippen LogP contribution in [0.25, 0.3) is 10.8 Å². The van der Waals surface area contributed by atoms with Crippen LogP contribution in [-0.4, -0.2) is 38.3 Å². The predicted molar refractivity (Wildman–Crippen MR) is 160 cm³/mol. The SMILES string of the molecule is Cc1cc(O)cc(C)c1C[C@H](N)C(=O)N[C@@H]1CCN(S(C)(=O)=O)c2ccc(Cc3ccc4ccccc4c3)cc21. The third kappa shape index (κ3) is 5.83. The number of fused-ring (bicyclic) bond motifs is 2. The number of phenolic OH excluding ortho intramolecular Hbond substituents is 1. The molecule has 40 heavy (non-hydrogen) atoms. The van der Waals surface area contributed by atoms with Gasteiger partial charge in [0.05, 0.1) is 24.0 Å². The van der Waals surface area contributed by atoms with Crippen molar-refractivity contribution < 1.29 is 18.3 Å². The number of anilines is 1. The molecule has 4 aromatic carbocycles. The maximum Gasteiger partial charge on any atom is 0.237 e. The summed E-state index contributed by atoms with van der Waals surface area (Å²) in [5, 5.41) is 15.3. The summed E-state index contributed by atoms with van der Waals surface area (Å²) < 4.78 is 26.6. The van der Waals surface area contributed by atoms with Crippen LogP contribution >= 0.6 is 0 Å². The molecule has 0 spiro atoms. The third-order valence-corrected chi connectivity index (χ3v) is 8.92. The Morgan fingerprint density at radius 1 is 1.00 bits per heavy atom. The first-order chi connectivity index (χ1) is 19.0. The minimum atomic E-state index is -3.48. The lowest BCUT2D eigenvalue weighted by molar-refractivity contribution is -0.123. The molecule has 0 saturated heterocycles. The Bertz CT molecular complexity index is 1680. The first-order valence-electron chi connectivity index (χ1n) is 13.4. The normalized spacial score (nSPS) is 16.0. The van der Waals surface area contributed by atoms with Crippen molar-refractivity contribution in [3.05, 3.63) is 106 Å². The van der Waals surface area contributed by atoms with Gasteiger partial charge in [-0.05, 0) is 95.5 Å². The number of hydrogen-bond acceptors (Lipinski definition) is 5. The molecular weight excluding hydrogens is 522 g/mol. The molecule has 0 saturated carbocycles. The number of benzene rings is 4. The number of phenols is 1. The molecule has 1 aliphatic rings. The number of carbonyl (C=O) groups is 1. The summed E-state index contributed by atoms with van der Waals surface area (Å²) >= 11 is 0. The molecule has 0 aromatic heterocycles.